The number of hydrogen-bond acceptors (Lipinski definition) is 5. The van der Waals surface area contributed by atoms with Crippen molar-refractivity contribution in [1.82, 2.24) is 5.32 Å². The van der Waals surface area contributed by atoms with Crippen LogP contribution in [0, 0.1) is 11.3 Å². The number of ether oxygens (including phenoxy) is 1. The fourth-order valence-electron chi connectivity index (χ4n) is 2.26. The molecule has 1 fully saturated rings. The summed E-state index contributed by atoms with van der Waals surface area (Å²) in [6.45, 7) is 4.17. The Morgan fingerprint density at radius 1 is 1.58 bits per heavy atom. The third-order valence-corrected chi connectivity index (χ3v) is 3.14. The number of benzene rings is 1. The normalized spacial score (nSPS) is 18.7. The van der Waals surface area contributed by atoms with Crippen LogP contribution < -0.4 is 10.2 Å². The van der Waals surface area contributed by atoms with Crippen molar-refractivity contribution in [2.24, 2.45) is 0 Å². The second kappa shape index (κ2) is 6.21. The maximum atomic E-state index is 12.0. The third kappa shape index (κ3) is 2.85. The minimum absolute atomic E-state index is 0.248. The molecule has 19 heavy (non-hydrogen) atoms. The summed E-state index contributed by atoms with van der Waals surface area (Å²) in [6, 6.07) is 9.13. The molecule has 0 aliphatic carbocycles. The molecule has 1 N–H and O–H groups in total. The molecular formula is C14H17N3O2. The highest BCUT2D eigenvalue weighted by atomic mass is 16.5. The molecule has 100 valence electrons. The number of hydrogen-bond donors (Lipinski definition) is 1. The lowest BCUT2D eigenvalue weighted by molar-refractivity contribution is -0.144. The summed E-state index contributed by atoms with van der Waals surface area (Å²) in [5.74, 6) is -0.248. The molecule has 0 aromatic heterocycles. The molecule has 1 unspecified atom stereocenters. The van der Waals surface area contributed by atoms with Gasteiger partial charge in [-0.1, -0.05) is 12.1 Å². The number of piperazine rings is 1. The second-order valence-corrected chi connectivity index (χ2v) is 4.29. The zero-order valence-electron chi connectivity index (χ0n) is 10.9. The van der Waals surface area contributed by atoms with Gasteiger partial charge in [-0.05, 0) is 19.1 Å². The van der Waals surface area contributed by atoms with Gasteiger partial charge in [-0.25, -0.2) is 4.79 Å². The first-order valence-electron chi connectivity index (χ1n) is 6.41. The number of anilines is 1. The Labute approximate surface area is 112 Å². The minimum atomic E-state index is -0.372. The summed E-state index contributed by atoms with van der Waals surface area (Å²) >= 11 is 0. The van der Waals surface area contributed by atoms with E-state index in [2.05, 4.69) is 11.4 Å². The average molecular weight is 259 g/mol. The quantitative estimate of drug-likeness (QED) is 0.817. The average Bonchev–Trinajstić information content (AvgIpc) is 2.47. The Bertz CT molecular complexity index is 496. The Kier molecular flexibility index (Phi) is 4.37. The lowest BCUT2D eigenvalue weighted by Crippen LogP contribution is -2.55. The number of esters is 1. The van der Waals surface area contributed by atoms with E-state index in [1.165, 1.54) is 0 Å². The van der Waals surface area contributed by atoms with E-state index in [-0.39, 0.29) is 12.0 Å². The third-order valence-electron chi connectivity index (χ3n) is 3.14. The number of carbonyl (C=O) groups is 1. The highest BCUT2D eigenvalue weighted by molar-refractivity contribution is 5.81. The van der Waals surface area contributed by atoms with Gasteiger partial charge in [0.1, 0.15) is 12.1 Å². The van der Waals surface area contributed by atoms with Gasteiger partial charge in [0.05, 0.1) is 17.9 Å². The highest BCUT2D eigenvalue weighted by Crippen LogP contribution is 2.23. The van der Waals surface area contributed by atoms with Crippen LogP contribution in [0.1, 0.15) is 12.5 Å². The van der Waals surface area contributed by atoms with Crippen LogP contribution in [0.2, 0.25) is 0 Å². The van der Waals surface area contributed by atoms with Crippen LogP contribution in [0.15, 0.2) is 24.3 Å². The zero-order valence-corrected chi connectivity index (χ0v) is 10.9. The first-order valence-corrected chi connectivity index (χ1v) is 6.41. The number of rotatable bonds is 3. The number of nitriles is 1. The van der Waals surface area contributed by atoms with Gasteiger partial charge >= 0.3 is 5.97 Å². The molecule has 5 nitrogen and oxygen atoms in total. The Balaban J connectivity index is 2.29. The Hall–Kier alpha value is -2.06. The largest absolute Gasteiger partial charge is 0.464 e. The van der Waals surface area contributed by atoms with Crippen LogP contribution in [0.3, 0.4) is 0 Å². The van der Waals surface area contributed by atoms with Crippen LogP contribution in [0.25, 0.3) is 0 Å². The van der Waals surface area contributed by atoms with Gasteiger partial charge in [0.15, 0.2) is 0 Å². The predicted octanol–water partition coefficient (Wildman–Crippen LogP) is 0.900. The van der Waals surface area contributed by atoms with Crippen molar-refractivity contribution < 1.29 is 9.53 Å². The molecule has 1 aliphatic rings. The van der Waals surface area contributed by atoms with Crippen molar-refractivity contribution in [2.75, 3.05) is 31.1 Å². The topological polar surface area (TPSA) is 65.4 Å². The molecule has 2 rings (SSSR count). The molecule has 0 saturated carbocycles. The van der Waals surface area contributed by atoms with E-state index in [4.69, 9.17) is 10.00 Å². The molecule has 0 bridgehead atoms. The molecule has 0 spiro atoms. The summed E-state index contributed by atoms with van der Waals surface area (Å²) < 4.78 is 5.10. The summed E-state index contributed by atoms with van der Waals surface area (Å²) in [7, 11) is 0. The summed E-state index contributed by atoms with van der Waals surface area (Å²) in [6.07, 6.45) is 0. The van der Waals surface area contributed by atoms with Crippen LogP contribution in [0.4, 0.5) is 5.69 Å². The van der Waals surface area contributed by atoms with Gasteiger partial charge in [-0.2, -0.15) is 5.26 Å². The molecule has 0 amide bonds. The summed E-state index contributed by atoms with van der Waals surface area (Å²) in [5, 5.41) is 12.4. The maximum absolute atomic E-state index is 12.0. The number of para-hydroxylation sites is 1. The van der Waals surface area contributed by atoms with E-state index in [9.17, 15) is 4.79 Å². The van der Waals surface area contributed by atoms with Crippen molar-refractivity contribution >= 4 is 11.7 Å². The Morgan fingerprint density at radius 2 is 2.37 bits per heavy atom. The molecule has 1 aromatic carbocycles. The van der Waals surface area contributed by atoms with E-state index in [0.29, 0.717) is 25.3 Å². The fourth-order valence-corrected chi connectivity index (χ4v) is 2.26. The molecular weight excluding hydrogens is 242 g/mol. The maximum Gasteiger partial charge on any atom is 0.330 e. The van der Waals surface area contributed by atoms with Gasteiger partial charge in [-0.15, -0.1) is 0 Å². The van der Waals surface area contributed by atoms with Gasteiger partial charge in [-0.3, -0.25) is 0 Å². The van der Waals surface area contributed by atoms with Gasteiger partial charge in [0.2, 0.25) is 0 Å². The fraction of sp³-hybridized carbons (Fsp3) is 0.429. The second-order valence-electron chi connectivity index (χ2n) is 4.29. The lowest BCUT2D eigenvalue weighted by Gasteiger charge is -2.36. The molecule has 5 heteroatoms. The summed E-state index contributed by atoms with van der Waals surface area (Å²) in [5.41, 5.74) is 1.38. The van der Waals surface area contributed by atoms with Crippen LogP contribution in [-0.4, -0.2) is 38.3 Å². The predicted molar refractivity (Wildman–Crippen MR) is 71.8 cm³/mol. The van der Waals surface area contributed by atoms with E-state index in [0.717, 1.165) is 12.2 Å². The van der Waals surface area contributed by atoms with Crippen molar-refractivity contribution in [1.29, 1.82) is 5.26 Å². The van der Waals surface area contributed by atoms with Crippen LogP contribution in [0.5, 0.6) is 0 Å². The monoisotopic (exact) mass is 259 g/mol. The number of carbonyl (C=O) groups excluding carboxylic acids is 1. The zero-order chi connectivity index (χ0) is 13.7. The van der Waals surface area contributed by atoms with Crippen molar-refractivity contribution in [3.63, 3.8) is 0 Å². The summed E-state index contributed by atoms with van der Waals surface area (Å²) in [4.78, 5) is 13.9. The molecule has 1 aliphatic heterocycles. The molecule has 1 aromatic rings. The van der Waals surface area contributed by atoms with E-state index in [1.807, 2.05) is 23.1 Å². The number of nitrogens with zero attached hydrogens (tertiary/aromatic N) is 2. The van der Waals surface area contributed by atoms with Gasteiger partial charge in [0.25, 0.3) is 0 Å². The number of nitrogens with one attached hydrogen (secondary N) is 1. The van der Waals surface area contributed by atoms with Crippen LogP contribution >= 0.6 is 0 Å². The van der Waals surface area contributed by atoms with Crippen molar-refractivity contribution in [2.45, 2.75) is 13.0 Å². The minimum Gasteiger partial charge on any atom is -0.464 e. The molecule has 1 saturated heterocycles. The first-order chi connectivity index (χ1) is 9.27. The van der Waals surface area contributed by atoms with Crippen molar-refractivity contribution in [3.05, 3.63) is 29.8 Å². The smallest absolute Gasteiger partial charge is 0.330 e. The van der Waals surface area contributed by atoms with E-state index < -0.39 is 0 Å². The highest BCUT2D eigenvalue weighted by Gasteiger charge is 2.30. The van der Waals surface area contributed by atoms with Crippen molar-refractivity contribution in [3.8, 4) is 6.07 Å². The Morgan fingerprint density at radius 3 is 3.11 bits per heavy atom. The van der Waals surface area contributed by atoms with E-state index >= 15 is 0 Å². The lowest BCUT2D eigenvalue weighted by atomic mass is 10.1. The van der Waals surface area contributed by atoms with E-state index in [1.54, 1.807) is 13.0 Å². The first kappa shape index (κ1) is 13.4. The van der Waals surface area contributed by atoms with Gasteiger partial charge < -0.3 is 15.0 Å². The SMILES string of the molecule is CCOC(=O)C1CNCCN1c1ccccc1C#N. The molecule has 1 heterocycles. The molecule has 0 radical (unpaired) electrons. The van der Waals surface area contributed by atoms with Gasteiger partial charge in [0, 0.05) is 19.6 Å². The van der Waals surface area contributed by atoms with Crippen LogP contribution in [-0.2, 0) is 9.53 Å². The standard InChI is InChI=1S/C14H17N3O2/c1-2-19-14(18)13-10-16-7-8-17(13)12-6-4-3-5-11(12)9-15/h3-6,13,16H,2,7-8,10H2,1H3. The molecule has 1 atom stereocenters.